The number of nitrogens with zero attached hydrogens (tertiary/aromatic N) is 2. The first kappa shape index (κ1) is 20.7. The van der Waals surface area contributed by atoms with Crippen molar-refractivity contribution in [2.24, 2.45) is 5.10 Å². The van der Waals surface area contributed by atoms with Crippen LogP contribution in [0.25, 0.3) is 10.9 Å². The Balaban J connectivity index is 1.42. The summed E-state index contributed by atoms with van der Waals surface area (Å²) in [6.45, 7) is 3.51. The molecule has 1 amide bonds. The number of esters is 1. The van der Waals surface area contributed by atoms with Gasteiger partial charge in [-0.2, -0.15) is 5.10 Å². The summed E-state index contributed by atoms with van der Waals surface area (Å²) >= 11 is 0. The highest BCUT2D eigenvalue weighted by molar-refractivity contribution is 6.07. The fourth-order valence-electron chi connectivity index (χ4n) is 4.08. The molecule has 166 valence electrons. The highest BCUT2D eigenvalue weighted by Gasteiger charge is 2.29. The molecule has 0 fully saturated rings. The van der Waals surface area contributed by atoms with Crippen LogP contribution >= 0.6 is 0 Å². The molecule has 0 unspecified atom stereocenters. The average Bonchev–Trinajstić information content (AvgIpc) is 3.41. The van der Waals surface area contributed by atoms with Gasteiger partial charge >= 0.3 is 5.97 Å². The van der Waals surface area contributed by atoms with E-state index in [1.165, 1.54) is 6.26 Å². The summed E-state index contributed by atoms with van der Waals surface area (Å²) in [5.74, 6) is 0.712. The standard InChI is InChI=1S/C25H21N3O5/c1-14-21-18(27-28-24(29)17-11-13-31-15(17)2)8-4-9-19(21)32-23(14)25(30)33-20-10-3-6-16-7-5-12-26-22(16)20/h3,5-7,10-13H,4,8-9H2,1-2H3,(H,28,29)/b27-18+. The fraction of sp³-hybridized carbons (Fsp3) is 0.200. The van der Waals surface area contributed by atoms with E-state index in [9.17, 15) is 9.59 Å². The predicted molar refractivity (Wildman–Crippen MR) is 121 cm³/mol. The number of para-hydroxylation sites is 1. The quantitative estimate of drug-likeness (QED) is 0.278. The van der Waals surface area contributed by atoms with Crippen molar-refractivity contribution in [2.75, 3.05) is 0 Å². The van der Waals surface area contributed by atoms with Crippen molar-refractivity contribution in [1.29, 1.82) is 0 Å². The molecular formula is C25H21N3O5. The van der Waals surface area contributed by atoms with Crippen LogP contribution in [0.1, 0.15) is 56.4 Å². The maximum absolute atomic E-state index is 13.0. The normalized spacial score (nSPS) is 14.3. The maximum Gasteiger partial charge on any atom is 0.380 e. The van der Waals surface area contributed by atoms with Crippen LogP contribution in [0, 0.1) is 13.8 Å². The van der Waals surface area contributed by atoms with Crippen molar-refractivity contribution >= 4 is 28.5 Å². The van der Waals surface area contributed by atoms with Crippen molar-refractivity contribution < 1.29 is 23.2 Å². The molecule has 1 N–H and O–H groups in total. The van der Waals surface area contributed by atoms with Crippen LogP contribution in [0.3, 0.4) is 0 Å². The van der Waals surface area contributed by atoms with Crippen molar-refractivity contribution in [3.63, 3.8) is 0 Å². The number of aromatic nitrogens is 1. The summed E-state index contributed by atoms with van der Waals surface area (Å²) in [6.07, 6.45) is 5.23. The summed E-state index contributed by atoms with van der Waals surface area (Å²) in [5.41, 5.74) is 5.65. The number of fused-ring (bicyclic) bond motifs is 2. The average molecular weight is 443 g/mol. The van der Waals surface area contributed by atoms with Crippen LogP contribution in [-0.4, -0.2) is 22.6 Å². The topological polar surface area (TPSA) is 107 Å². The third-order valence-corrected chi connectivity index (χ3v) is 5.71. The molecule has 0 bridgehead atoms. The van der Waals surface area contributed by atoms with E-state index in [1.54, 1.807) is 32.2 Å². The van der Waals surface area contributed by atoms with Gasteiger partial charge in [-0.15, -0.1) is 0 Å². The van der Waals surface area contributed by atoms with E-state index < -0.39 is 5.97 Å². The number of amides is 1. The Bertz CT molecular complexity index is 1410. The van der Waals surface area contributed by atoms with Crippen LogP contribution in [0.15, 0.2) is 62.8 Å². The number of aryl methyl sites for hydroxylation is 2. The van der Waals surface area contributed by atoms with E-state index in [2.05, 4.69) is 15.5 Å². The molecule has 0 saturated carbocycles. The van der Waals surface area contributed by atoms with Gasteiger partial charge in [0.2, 0.25) is 5.76 Å². The largest absolute Gasteiger partial charge is 0.469 e. The van der Waals surface area contributed by atoms with Gasteiger partial charge in [-0.3, -0.25) is 9.78 Å². The number of furan rings is 2. The monoisotopic (exact) mass is 443 g/mol. The molecule has 3 aromatic heterocycles. The van der Waals surface area contributed by atoms with Gasteiger partial charge in [-0.05, 0) is 44.9 Å². The number of benzene rings is 1. The maximum atomic E-state index is 13.0. The molecule has 0 saturated heterocycles. The summed E-state index contributed by atoms with van der Waals surface area (Å²) < 4.78 is 16.7. The molecule has 4 aromatic rings. The molecule has 1 aliphatic carbocycles. The highest BCUT2D eigenvalue weighted by Crippen LogP contribution is 2.31. The molecular weight excluding hydrogens is 422 g/mol. The number of rotatable bonds is 4. The van der Waals surface area contributed by atoms with Crippen molar-refractivity contribution in [2.45, 2.75) is 33.1 Å². The minimum atomic E-state index is -0.600. The van der Waals surface area contributed by atoms with E-state index in [-0.39, 0.29) is 11.7 Å². The van der Waals surface area contributed by atoms with Crippen LogP contribution in [0.4, 0.5) is 0 Å². The zero-order valence-electron chi connectivity index (χ0n) is 18.2. The van der Waals surface area contributed by atoms with Gasteiger partial charge in [0, 0.05) is 29.1 Å². The van der Waals surface area contributed by atoms with Crippen LogP contribution < -0.4 is 10.2 Å². The zero-order valence-corrected chi connectivity index (χ0v) is 18.2. The third-order valence-electron chi connectivity index (χ3n) is 5.71. The van der Waals surface area contributed by atoms with Gasteiger partial charge < -0.3 is 13.6 Å². The van der Waals surface area contributed by atoms with Gasteiger partial charge in [0.05, 0.1) is 17.5 Å². The van der Waals surface area contributed by atoms with Gasteiger partial charge in [-0.1, -0.05) is 18.2 Å². The van der Waals surface area contributed by atoms with E-state index in [0.29, 0.717) is 52.5 Å². The molecule has 5 rings (SSSR count). The number of hydrazone groups is 1. The number of nitrogens with one attached hydrogen (secondary N) is 1. The number of hydrogen-bond donors (Lipinski definition) is 1. The van der Waals surface area contributed by atoms with Crippen molar-refractivity contribution in [1.82, 2.24) is 10.4 Å². The van der Waals surface area contributed by atoms with Gasteiger partial charge in [0.15, 0.2) is 5.75 Å². The van der Waals surface area contributed by atoms with Crippen LogP contribution in [0.2, 0.25) is 0 Å². The minimum Gasteiger partial charge on any atom is -0.469 e. The minimum absolute atomic E-state index is 0.125. The third kappa shape index (κ3) is 3.80. The molecule has 1 aliphatic rings. The van der Waals surface area contributed by atoms with Crippen LogP contribution in [-0.2, 0) is 6.42 Å². The molecule has 33 heavy (non-hydrogen) atoms. The first-order chi connectivity index (χ1) is 16.0. The Morgan fingerprint density at radius 1 is 1.12 bits per heavy atom. The van der Waals surface area contributed by atoms with E-state index in [0.717, 1.165) is 17.4 Å². The van der Waals surface area contributed by atoms with E-state index >= 15 is 0 Å². The number of hydrogen-bond acceptors (Lipinski definition) is 7. The Morgan fingerprint density at radius 3 is 2.79 bits per heavy atom. The lowest BCUT2D eigenvalue weighted by Gasteiger charge is -2.13. The molecule has 0 radical (unpaired) electrons. The number of carbonyl (C=O) groups excluding carboxylic acids is 2. The lowest BCUT2D eigenvalue weighted by Crippen LogP contribution is -2.22. The highest BCUT2D eigenvalue weighted by atomic mass is 16.5. The molecule has 1 aromatic carbocycles. The second kappa shape index (κ2) is 8.38. The van der Waals surface area contributed by atoms with Crippen molar-refractivity contribution in [3.05, 3.63) is 82.8 Å². The predicted octanol–water partition coefficient (Wildman–Crippen LogP) is 4.73. The molecule has 8 nitrogen and oxygen atoms in total. The fourth-order valence-corrected chi connectivity index (χ4v) is 4.08. The summed E-state index contributed by atoms with van der Waals surface area (Å²) in [7, 11) is 0. The number of pyridine rings is 1. The Kier molecular flexibility index (Phi) is 5.26. The van der Waals surface area contributed by atoms with Gasteiger partial charge in [0.1, 0.15) is 17.0 Å². The van der Waals surface area contributed by atoms with E-state index in [4.69, 9.17) is 13.6 Å². The zero-order chi connectivity index (χ0) is 22.9. The SMILES string of the molecule is Cc1occc1C(=O)N/N=C1\CCCc2oc(C(=O)Oc3cccc4cccnc34)c(C)c21. The molecule has 0 spiro atoms. The second-order valence-corrected chi connectivity index (χ2v) is 7.82. The summed E-state index contributed by atoms with van der Waals surface area (Å²) in [4.78, 5) is 29.7. The van der Waals surface area contributed by atoms with Gasteiger partial charge in [0.25, 0.3) is 5.91 Å². The molecule has 8 heteroatoms. The lowest BCUT2D eigenvalue weighted by atomic mass is 9.93. The Labute approximate surface area is 189 Å². The number of carbonyl (C=O) groups is 2. The molecule has 0 aliphatic heterocycles. The number of ether oxygens (including phenoxy) is 1. The van der Waals surface area contributed by atoms with Gasteiger partial charge in [-0.25, -0.2) is 10.2 Å². The smallest absolute Gasteiger partial charge is 0.380 e. The van der Waals surface area contributed by atoms with Crippen molar-refractivity contribution in [3.8, 4) is 5.75 Å². The van der Waals surface area contributed by atoms with Crippen LogP contribution in [0.5, 0.6) is 5.75 Å². The molecule has 3 heterocycles. The second-order valence-electron chi connectivity index (χ2n) is 7.82. The first-order valence-corrected chi connectivity index (χ1v) is 10.6. The summed E-state index contributed by atoms with van der Waals surface area (Å²) in [5, 5.41) is 5.20. The molecule has 0 atom stereocenters. The van der Waals surface area contributed by atoms with E-state index in [1.807, 2.05) is 24.3 Å². The Morgan fingerprint density at radius 2 is 1.97 bits per heavy atom. The Hall–Kier alpha value is -4.20. The lowest BCUT2D eigenvalue weighted by molar-refractivity contribution is 0.0700. The first-order valence-electron chi connectivity index (χ1n) is 10.6. The summed E-state index contributed by atoms with van der Waals surface area (Å²) in [6, 6.07) is 10.7.